The van der Waals surface area contributed by atoms with E-state index in [1.807, 2.05) is 54.6 Å². The van der Waals surface area contributed by atoms with Gasteiger partial charge in [0.05, 0.1) is 12.5 Å². The molecule has 1 aliphatic heterocycles. The van der Waals surface area contributed by atoms with Crippen molar-refractivity contribution < 1.29 is 14.1 Å². The van der Waals surface area contributed by atoms with Crippen molar-refractivity contribution in [2.45, 2.75) is 25.7 Å². The summed E-state index contributed by atoms with van der Waals surface area (Å²) in [5, 5.41) is 6.95. The van der Waals surface area contributed by atoms with Gasteiger partial charge in [0.15, 0.2) is 0 Å². The van der Waals surface area contributed by atoms with Crippen LogP contribution in [0.4, 0.5) is 10.5 Å². The lowest BCUT2D eigenvalue weighted by Crippen LogP contribution is -2.50. The molecule has 2 amide bonds. The molecule has 1 fully saturated rings. The van der Waals surface area contributed by atoms with Crippen molar-refractivity contribution in [3.8, 4) is 17.1 Å². The molecule has 0 atom stereocenters. The van der Waals surface area contributed by atoms with Gasteiger partial charge in [0.1, 0.15) is 5.75 Å². The maximum Gasteiger partial charge on any atom is 0.321 e. The second kappa shape index (κ2) is 8.77. The average molecular weight is 392 g/mol. The van der Waals surface area contributed by atoms with Crippen molar-refractivity contribution in [2.24, 2.45) is 0 Å². The Bertz CT molecular complexity index is 934. The van der Waals surface area contributed by atoms with Crippen LogP contribution < -0.4 is 10.1 Å². The number of ether oxygens (including phenoxy) is 1. The number of benzene rings is 2. The minimum atomic E-state index is -0.135. The molecule has 1 saturated heterocycles. The summed E-state index contributed by atoms with van der Waals surface area (Å²) in [4.78, 5) is 18.6. The van der Waals surface area contributed by atoms with Gasteiger partial charge in [-0.1, -0.05) is 48.8 Å². The molecule has 0 bridgehead atoms. The van der Waals surface area contributed by atoms with E-state index in [1.54, 1.807) is 4.90 Å². The maximum absolute atomic E-state index is 12.4. The standard InChI is InChI=1S/C22H24N4O3/c1-2-3-13-28-19-11-9-18(10-12-19)23-22(27)26-14-17(15-26)21-24-20(25-29-21)16-7-5-4-6-8-16/h4-12,17H,2-3,13-15H2,1H3,(H,23,27). The quantitative estimate of drug-likeness (QED) is 0.597. The van der Waals surface area contributed by atoms with E-state index in [2.05, 4.69) is 22.4 Å². The number of rotatable bonds is 7. The summed E-state index contributed by atoms with van der Waals surface area (Å²) >= 11 is 0. The second-order valence-corrected chi connectivity index (χ2v) is 7.08. The van der Waals surface area contributed by atoms with Gasteiger partial charge >= 0.3 is 6.03 Å². The van der Waals surface area contributed by atoms with Gasteiger partial charge in [0, 0.05) is 24.3 Å². The third kappa shape index (κ3) is 4.56. The van der Waals surface area contributed by atoms with Gasteiger partial charge in [-0.3, -0.25) is 0 Å². The molecule has 0 saturated carbocycles. The number of amides is 2. The molecule has 0 radical (unpaired) electrons. The van der Waals surface area contributed by atoms with E-state index in [1.165, 1.54) is 0 Å². The lowest BCUT2D eigenvalue weighted by molar-refractivity contribution is 0.147. The summed E-state index contributed by atoms with van der Waals surface area (Å²) in [7, 11) is 0. The number of carbonyl (C=O) groups is 1. The second-order valence-electron chi connectivity index (χ2n) is 7.08. The molecule has 1 N–H and O–H groups in total. The Morgan fingerprint density at radius 1 is 1.17 bits per heavy atom. The molecule has 29 heavy (non-hydrogen) atoms. The van der Waals surface area contributed by atoms with Gasteiger partial charge in [-0.15, -0.1) is 0 Å². The number of carbonyl (C=O) groups excluding carboxylic acids is 1. The molecular weight excluding hydrogens is 368 g/mol. The first kappa shape index (κ1) is 19.0. The zero-order valence-corrected chi connectivity index (χ0v) is 16.4. The average Bonchev–Trinajstić information content (AvgIpc) is 3.19. The Labute approximate surface area is 169 Å². The number of unbranched alkanes of at least 4 members (excludes halogenated alkanes) is 1. The first-order chi connectivity index (χ1) is 14.2. The first-order valence-electron chi connectivity index (χ1n) is 9.90. The van der Waals surface area contributed by atoms with Crippen molar-refractivity contribution >= 4 is 11.7 Å². The van der Waals surface area contributed by atoms with Crippen molar-refractivity contribution in [3.05, 3.63) is 60.5 Å². The van der Waals surface area contributed by atoms with Gasteiger partial charge < -0.3 is 19.5 Å². The summed E-state index contributed by atoms with van der Waals surface area (Å²) in [6.07, 6.45) is 2.13. The van der Waals surface area contributed by atoms with Crippen LogP contribution in [0.25, 0.3) is 11.4 Å². The molecule has 2 aromatic carbocycles. The molecule has 150 valence electrons. The molecule has 4 rings (SSSR count). The molecule has 7 nitrogen and oxygen atoms in total. The Morgan fingerprint density at radius 3 is 2.66 bits per heavy atom. The third-order valence-corrected chi connectivity index (χ3v) is 4.86. The topological polar surface area (TPSA) is 80.5 Å². The number of hydrogen-bond acceptors (Lipinski definition) is 5. The van der Waals surface area contributed by atoms with E-state index in [-0.39, 0.29) is 11.9 Å². The molecule has 0 spiro atoms. The van der Waals surface area contributed by atoms with Crippen LogP contribution in [0.2, 0.25) is 0 Å². The maximum atomic E-state index is 12.4. The number of nitrogens with zero attached hydrogens (tertiary/aromatic N) is 3. The molecule has 0 unspecified atom stereocenters. The molecule has 7 heteroatoms. The summed E-state index contributed by atoms with van der Waals surface area (Å²) in [6.45, 7) is 3.95. The highest BCUT2D eigenvalue weighted by Gasteiger charge is 2.35. The fourth-order valence-corrected chi connectivity index (χ4v) is 3.08. The lowest BCUT2D eigenvalue weighted by Gasteiger charge is -2.36. The minimum absolute atomic E-state index is 0.0695. The normalized spacial score (nSPS) is 13.8. The molecular formula is C22H24N4O3. The summed E-state index contributed by atoms with van der Waals surface area (Å²) in [6, 6.07) is 17.0. The third-order valence-electron chi connectivity index (χ3n) is 4.86. The largest absolute Gasteiger partial charge is 0.494 e. The SMILES string of the molecule is CCCCOc1ccc(NC(=O)N2CC(c3nc(-c4ccccc4)no3)C2)cc1. The summed E-state index contributed by atoms with van der Waals surface area (Å²) in [5.41, 5.74) is 1.66. The van der Waals surface area contributed by atoms with Crippen LogP contribution in [0, 0.1) is 0 Å². The Balaban J connectivity index is 1.27. The first-order valence-corrected chi connectivity index (χ1v) is 9.90. The number of aromatic nitrogens is 2. The van der Waals surface area contributed by atoms with E-state index in [0.717, 1.165) is 29.8 Å². The van der Waals surface area contributed by atoms with E-state index in [9.17, 15) is 4.79 Å². The number of hydrogen-bond donors (Lipinski definition) is 1. The monoisotopic (exact) mass is 392 g/mol. The lowest BCUT2D eigenvalue weighted by atomic mass is 10.0. The highest BCUT2D eigenvalue weighted by Crippen LogP contribution is 2.28. The van der Waals surface area contributed by atoms with Gasteiger partial charge in [0.2, 0.25) is 11.7 Å². The van der Waals surface area contributed by atoms with E-state index in [0.29, 0.717) is 31.4 Å². The summed E-state index contributed by atoms with van der Waals surface area (Å²) < 4.78 is 11.0. The van der Waals surface area contributed by atoms with Crippen molar-refractivity contribution in [1.29, 1.82) is 0 Å². The highest BCUT2D eigenvalue weighted by molar-refractivity contribution is 5.90. The van der Waals surface area contributed by atoms with Gasteiger partial charge in [-0.2, -0.15) is 4.98 Å². The predicted octanol–water partition coefficient (Wildman–Crippen LogP) is 4.55. The van der Waals surface area contributed by atoms with Gasteiger partial charge in [-0.05, 0) is 30.7 Å². The van der Waals surface area contributed by atoms with Crippen LogP contribution in [0.15, 0.2) is 59.1 Å². The van der Waals surface area contributed by atoms with Crippen LogP contribution in [-0.2, 0) is 0 Å². The molecule has 2 heterocycles. The zero-order valence-electron chi connectivity index (χ0n) is 16.4. The van der Waals surface area contributed by atoms with E-state index in [4.69, 9.17) is 9.26 Å². The number of urea groups is 1. The van der Waals surface area contributed by atoms with Crippen molar-refractivity contribution in [3.63, 3.8) is 0 Å². The van der Waals surface area contributed by atoms with Crippen LogP contribution in [0.5, 0.6) is 5.75 Å². The minimum Gasteiger partial charge on any atom is -0.494 e. The van der Waals surface area contributed by atoms with Crippen LogP contribution in [0.1, 0.15) is 31.6 Å². The fourth-order valence-electron chi connectivity index (χ4n) is 3.08. The number of anilines is 1. The van der Waals surface area contributed by atoms with Crippen molar-refractivity contribution in [2.75, 3.05) is 25.0 Å². The van der Waals surface area contributed by atoms with Crippen LogP contribution >= 0.6 is 0 Å². The highest BCUT2D eigenvalue weighted by atomic mass is 16.5. The van der Waals surface area contributed by atoms with E-state index < -0.39 is 0 Å². The zero-order chi connectivity index (χ0) is 20.1. The van der Waals surface area contributed by atoms with Crippen LogP contribution in [0.3, 0.4) is 0 Å². The molecule has 0 aliphatic carbocycles. The molecule has 3 aromatic rings. The molecule has 1 aliphatic rings. The Morgan fingerprint density at radius 2 is 1.93 bits per heavy atom. The summed E-state index contributed by atoms with van der Waals surface area (Å²) in [5.74, 6) is 2.03. The molecule has 1 aromatic heterocycles. The van der Waals surface area contributed by atoms with Gasteiger partial charge in [-0.25, -0.2) is 4.79 Å². The number of likely N-dealkylation sites (tertiary alicyclic amines) is 1. The fraction of sp³-hybridized carbons (Fsp3) is 0.318. The van der Waals surface area contributed by atoms with Crippen molar-refractivity contribution in [1.82, 2.24) is 15.0 Å². The van der Waals surface area contributed by atoms with Crippen LogP contribution in [-0.4, -0.2) is 40.8 Å². The smallest absolute Gasteiger partial charge is 0.321 e. The van der Waals surface area contributed by atoms with Gasteiger partial charge in [0.25, 0.3) is 0 Å². The Kier molecular flexibility index (Phi) is 5.74. The number of nitrogens with one attached hydrogen (secondary N) is 1. The predicted molar refractivity (Wildman–Crippen MR) is 110 cm³/mol. The van der Waals surface area contributed by atoms with E-state index >= 15 is 0 Å². The Hall–Kier alpha value is -3.35.